The number of hydrogen-bond donors (Lipinski definition) is 1. The largest absolute Gasteiger partial charge is 0.480 e. The minimum atomic E-state index is -1.04. The monoisotopic (exact) mass is 357 g/mol. The second-order valence-electron chi connectivity index (χ2n) is 3.61. The molecule has 0 radical (unpaired) electrons. The number of ether oxygens (including phenoxy) is 3. The molecule has 0 aliphatic rings. The minimum Gasteiger partial charge on any atom is -0.480 e. The number of thiazole rings is 1. The lowest BCUT2D eigenvalue weighted by Gasteiger charge is -2.08. The Morgan fingerprint density at radius 3 is 2.57 bits per heavy atom. The third kappa shape index (κ3) is 7.58. The summed E-state index contributed by atoms with van der Waals surface area (Å²) in [4.78, 5) is 25.6. The number of halogens is 2. The van der Waals surface area contributed by atoms with Crippen molar-refractivity contribution in [2.75, 3.05) is 33.0 Å². The van der Waals surface area contributed by atoms with Crippen LogP contribution < -0.4 is 0 Å². The molecule has 0 aliphatic heterocycles. The zero-order valence-corrected chi connectivity index (χ0v) is 13.1. The Labute approximate surface area is 134 Å². The topological polar surface area (TPSA) is 95.0 Å². The Morgan fingerprint density at radius 2 is 1.95 bits per heavy atom. The molecule has 0 saturated carbocycles. The van der Waals surface area contributed by atoms with Gasteiger partial charge in [-0.1, -0.05) is 11.6 Å². The second kappa shape index (κ2) is 9.91. The highest BCUT2D eigenvalue weighted by atomic mass is 35.5. The van der Waals surface area contributed by atoms with Crippen LogP contribution in [0.1, 0.15) is 11.1 Å². The molecule has 1 aromatic heterocycles. The lowest BCUT2D eigenvalue weighted by molar-refractivity contribution is -0.146. The predicted molar refractivity (Wildman–Crippen MR) is 76.0 cm³/mol. The van der Waals surface area contributed by atoms with Crippen LogP contribution >= 0.6 is 34.5 Å². The van der Waals surface area contributed by atoms with E-state index >= 15 is 0 Å². The SMILES string of the molecule is O=C(O)COCCOCCOC(=O)C(Cl)c1csc(Cl)n1. The van der Waals surface area contributed by atoms with E-state index in [-0.39, 0.29) is 33.0 Å². The molecule has 1 aromatic rings. The Bertz CT molecular complexity index is 469. The molecule has 1 N–H and O–H groups in total. The van der Waals surface area contributed by atoms with Crippen LogP contribution in [0.3, 0.4) is 0 Å². The van der Waals surface area contributed by atoms with E-state index in [1.807, 2.05) is 0 Å². The third-order valence-electron chi connectivity index (χ3n) is 2.03. The summed E-state index contributed by atoms with van der Waals surface area (Å²) in [5.41, 5.74) is 0.347. The van der Waals surface area contributed by atoms with Gasteiger partial charge in [0.05, 0.1) is 25.5 Å². The number of carboxylic acids is 1. The van der Waals surface area contributed by atoms with Crippen molar-refractivity contribution in [2.24, 2.45) is 0 Å². The van der Waals surface area contributed by atoms with E-state index in [2.05, 4.69) is 4.98 Å². The summed E-state index contributed by atoms with van der Waals surface area (Å²) in [5.74, 6) is -1.68. The molecule has 0 fully saturated rings. The summed E-state index contributed by atoms with van der Waals surface area (Å²) in [6.45, 7) is 0.164. The number of esters is 1. The standard InChI is InChI=1S/C11H13Cl2NO6S/c12-9(7-6-21-11(13)14-7)10(17)20-4-3-18-1-2-19-5-8(15)16/h6,9H,1-5H2,(H,15,16). The normalized spacial score (nSPS) is 12.1. The van der Waals surface area contributed by atoms with Gasteiger partial charge in [-0.05, 0) is 0 Å². The van der Waals surface area contributed by atoms with Crippen LogP contribution in [0.5, 0.6) is 0 Å². The van der Waals surface area contributed by atoms with Crippen molar-refractivity contribution in [3.05, 3.63) is 15.5 Å². The molecule has 0 amide bonds. The molecule has 10 heteroatoms. The molecule has 0 aromatic carbocycles. The van der Waals surface area contributed by atoms with Crippen molar-refractivity contribution >= 4 is 46.5 Å². The summed E-state index contributed by atoms with van der Waals surface area (Å²) >= 11 is 12.7. The summed E-state index contributed by atoms with van der Waals surface area (Å²) in [6.07, 6.45) is 0. The van der Waals surface area contributed by atoms with Gasteiger partial charge in [0.25, 0.3) is 0 Å². The zero-order valence-electron chi connectivity index (χ0n) is 10.8. The summed E-state index contributed by atoms with van der Waals surface area (Å²) in [7, 11) is 0. The first-order chi connectivity index (χ1) is 10.0. The molecular weight excluding hydrogens is 345 g/mol. The molecule has 7 nitrogen and oxygen atoms in total. The van der Waals surface area contributed by atoms with Crippen LogP contribution in [0, 0.1) is 0 Å². The number of alkyl halides is 1. The predicted octanol–water partition coefficient (Wildman–Crippen LogP) is 1.74. The van der Waals surface area contributed by atoms with Crippen molar-refractivity contribution in [1.82, 2.24) is 4.98 Å². The Morgan fingerprint density at radius 1 is 1.29 bits per heavy atom. The van der Waals surface area contributed by atoms with Crippen LogP contribution in [0.15, 0.2) is 5.38 Å². The highest BCUT2D eigenvalue weighted by molar-refractivity contribution is 7.14. The Kier molecular flexibility index (Phi) is 8.55. The van der Waals surface area contributed by atoms with E-state index in [0.29, 0.717) is 10.2 Å². The zero-order chi connectivity index (χ0) is 15.7. The van der Waals surface area contributed by atoms with E-state index in [1.54, 1.807) is 5.38 Å². The number of carboxylic acid groups (broad SMARTS) is 1. The highest BCUT2D eigenvalue weighted by Gasteiger charge is 2.21. The first-order valence-electron chi connectivity index (χ1n) is 5.79. The maximum Gasteiger partial charge on any atom is 0.330 e. The lowest BCUT2D eigenvalue weighted by atomic mass is 10.3. The van der Waals surface area contributed by atoms with Crippen LogP contribution in [0.4, 0.5) is 0 Å². The summed E-state index contributed by atoms with van der Waals surface area (Å²) in [5, 5.41) is 8.89. The average molecular weight is 358 g/mol. The molecular formula is C11H13Cl2NO6S. The third-order valence-corrected chi connectivity index (χ3v) is 3.43. The summed E-state index contributed by atoms with van der Waals surface area (Å²) < 4.78 is 15.0. The van der Waals surface area contributed by atoms with Crippen LogP contribution in [-0.4, -0.2) is 55.1 Å². The number of aliphatic carboxylic acids is 1. The lowest BCUT2D eigenvalue weighted by Crippen LogP contribution is -2.17. The van der Waals surface area contributed by atoms with Crippen LogP contribution in [-0.2, 0) is 23.8 Å². The van der Waals surface area contributed by atoms with Crippen LogP contribution in [0.25, 0.3) is 0 Å². The highest BCUT2D eigenvalue weighted by Crippen LogP contribution is 2.25. The number of aromatic nitrogens is 1. The number of carbonyl (C=O) groups excluding carboxylic acids is 1. The van der Waals surface area contributed by atoms with Gasteiger partial charge < -0.3 is 19.3 Å². The molecule has 0 saturated heterocycles. The van der Waals surface area contributed by atoms with Gasteiger partial charge in [0.2, 0.25) is 0 Å². The number of nitrogens with zero attached hydrogens (tertiary/aromatic N) is 1. The van der Waals surface area contributed by atoms with Gasteiger partial charge in [0.15, 0.2) is 9.84 Å². The molecule has 0 spiro atoms. The quantitative estimate of drug-likeness (QED) is 0.387. The number of hydrogen-bond acceptors (Lipinski definition) is 7. The fourth-order valence-electron chi connectivity index (χ4n) is 1.15. The maximum atomic E-state index is 11.6. The van der Waals surface area contributed by atoms with Crippen molar-refractivity contribution < 1.29 is 28.9 Å². The Balaban J connectivity index is 2.07. The van der Waals surface area contributed by atoms with E-state index in [0.717, 1.165) is 0 Å². The smallest absolute Gasteiger partial charge is 0.330 e. The minimum absolute atomic E-state index is 0.0266. The first kappa shape index (κ1) is 18.1. The molecule has 1 atom stereocenters. The molecule has 118 valence electrons. The average Bonchev–Trinajstić information content (AvgIpc) is 2.87. The van der Waals surface area contributed by atoms with Gasteiger partial charge in [0, 0.05) is 5.38 Å². The molecule has 1 heterocycles. The first-order valence-corrected chi connectivity index (χ1v) is 7.49. The Hall–Kier alpha value is -0.930. The van der Waals surface area contributed by atoms with Crippen LogP contribution in [0.2, 0.25) is 4.47 Å². The van der Waals surface area contributed by atoms with Gasteiger partial charge in [-0.15, -0.1) is 22.9 Å². The molecule has 21 heavy (non-hydrogen) atoms. The van der Waals surface area contributed by atoms with Gasteiger partial charge in [-0.3, -0.25) is 4.79 Å². The molecule has 0 bridgehead atoms. The van der Waals surface area contributed by atoms with E-state index in [4.69, 9.17) is 42.5 Å². The van der Waals surface area contributed by atoms with E-state index in [1.165, 1.54) is 11.3 Å². The van der Waals surface area contributed by atoms with Gasteiger partial charge in [-0.2, -0.15) is 0 Å². The fourth-order valence-corrected chi connectivity index (χ4v) is 2.20. The number of carbonyl (C=O) groups is 2. The van der Waals surface area contributed by atoms with Crippen molar-refractivity contribution in [3.63, 3.8) is 0 Å². The number of rotatable bonds is 10. The molecule has 0 aliphatic carbocycles. The van der Waals surface area contributed by atoms with Crippen molar-refractivity contribution in [2.45, 2.75) is 5.38 Å². The van der Waals surface area contributed by atoms with E-state index < -0.39 is 17.3 Å². The van der Waals surface area contributed by atoms with Crippen molar-refractivity contribution in [3.8, 4) is 0 Å². The molecule has 1 rings (SSSR count). The maximum absolute atomic E-state index is 11.6. The van der Waals surface area contributed by atoms with Gasteiger partial charge in [0.1, 0.15) is 13.2 Å². The van der Waals surface area contributed by atoms with Crippen molar-refractivity contribution in [1.29, 1.82) is 0 Å². The summed E-state index contributed by atoms with van der Waals surface area (Å²) in [6, 6.07) is 0. The van der Waals surface area contributed by atoms with E-state index in [9.17, 15) is 9.59 Å². The second-order valence-corrected chi connectivity index (χ2v) is 5.49. The van der Waals surface area contributed by atoms with Gasteiger partial charge >= 0.3 is 11.9 Å². The fraction of sp³-hybridized carbons (Fsp3) is 0.545. The molecule has 1 unspecified atom stereocenters. The van der Waals surface area contributed by atoms with Gasteiger partial charge in [-0.25, -0.2) is 9.78 Å².